The fourth-order valence-electron chi connectivity index (χ4n) is 1.72. The molecule has 0 heterocycles. The predicted molar refractivity (Wildman–Crippen MR) is 74.6 cm³/mol. The van der Waals surface area contributed by atoms with E-state index in [4.69, 9.17) is 5.11 Å². The molecule has 0 bridgehead atoms. The van der Waals surface area contributed by atoms with Crippen molar-refractivity contribution in [2.24, 2.45) is 0 Å². The Balaban J connectivity index is 3.02. The van der Waals surface area contributed by atoms with Gasteiger partial charge in [-0.25, -0.2) is 13.1 Å². The Kier molecular flexibility index (Phi) is 5.39. The lowest BCUT2D eigenvalue weighted by Crippen LogP contribution is -2.26. The van der Waals surface area contributed by atoms with E-state index in [0.717, 1.165) is 6.07 Å². The number of carboxylic acid groups (broad SMARTS) is 1. The lowest BCUT2D eigenvalue weighted by atomic mass is 10.1. The van der Waals surface area contributed by atoms with E-state index in [0.29, 0.717) is 11.1 Å². The molecule has 21 heavy (non-hydrogen) atoms. The van der Waals surface area contributed by atoms with Crippen molar-refractivity contribution < 1.29 is 23.2 Å². The second kappa shape index (κ2) is 6.64. The number of hydrogen-bond donors (Lipinski definition) is 2. The molecular formula is C12H16N2O6S. The molecule has 0 saturated heterocycles. The van der Waals surface area contributed by atoms with Crippen LogP contribution in [0, 0.1) is 24.0 Å². The van der Waals surface area contributed by atoms with Crippen molar-refractivity contribution in [1.29, 1.82) is 0 Å². The van der Waals surface area contributed by atoms with Gasteiger partial charge in [0, 0.05) is 25.1 Å². The number of nitro benzene ring substituents is 1. The zero-order valence-corrected chi connectivity index (χ0v) is 12.4. The van der Waals surface area contributed by atoms with E-state index in [1.807, 2.05) is 0 Å². The second-order valence-corrected chi connectivity index (χ2v) is 6.27. The molecule has 0 radical (unpaired) electrons. The van der Waals surface area contributed by atoms with Gasteiger partial charge in [-0.05, 0) is 31.4 Å². The first-order valence-corrected chi connectivity index (χ1v) is 7.60. The Labute approximate surface area is 122 Å². The smallest absolute Gasteiger partial charge is 0.303 e. The Morgan fingerprint density at radius 3 is 2.52 bits per heavy atom. The maximum Gasteiger partial charge on any atom is 0.303 e. The third-order valence-corrected chi connectivity index (χ3v) is 4.55. The van der Waals surface area contributed by atoms with Crippen molar-refractivity contribution in [3.63, 3.8) is 0 Å². The van der Waals surface area contributed by atoms with Gasteiger partial charge in [0.25, 0.3) is 5.69 Å². The van der Waals surface area contributed by atoms with Crippen LogP contribution >= 0.6 is 0 Å². The molecule has 0 aliphatic heterocycles. The average molecular weight is 316 g/mol. The molecule has 0 aliphatic carbocycles. The van der Waals surface area contributed by atoms with E-state index >= 15 is 0 Å². The number of non-ortho nitro benzene ring substituents is 1. The van der Waals surface area contributed by atoms with Crippen LogP contribution in [-0.4, -0.2) is 31.0 Å². The van der Waals surface area contributed by atoms with Gasteiger partial charge in [0.1, 0.15) is 0 Å². The van der Waals surface area contributed by atoms with Crippen molar-refractivity contribution in [3.8, 4) is 0 Å². The first kappa shape index (κ1) is 17.1. The summed E-state index contributed by atoms with van der Waals surface area (Å²) < 4.78 is 26.5. The highest BCUT2D eigenvalue weighted by Gasteiger charge is 2.21. The summed E-state index contributed by atoms with van der Waals surface area (Å²) in [7, 11) is -3.91. The van der Waals surface area contributed by atoms with E-state index in [-0.39, 0.29) is 30.0 Å². The molecule has 9 heteroatoms. The number of sulfonamides is 1. The Bertz CT molecular complexity index is 669. The molecule has 0 aromatic heterocycles. The van der Waals surface area contributed by atoms with Gasteiger partial charge < -0.3 is 5.11 Å². The SMILES string of the molecule is Cc1cc([N+](=O)[O-])cc(S(=O)(=O)NCCCC(=O)O)c1C. The summed E-state index contributed by atoms with van der Waals surface area (Å²) >= 11 is 0. The van der Waals surface area contributed by atoms with Gasteiger partial charge in [-0.2, -0.15) is 0 Å². The number of carbonyl (C=O) groups is 1. The summed E-state index contributed by atoms with van der Waals surface area (Å²) in [5.41, 5.74) is 0.616. The standard InChI is InChI=1S/C12H16N2O6S/c1-8-6-10(14(17)18)7-11(9(8)2)21(19,20)13-5-3-4-12(15)16/h6-7,13H,3-5H2,1-2H3,(H,15,16). The Morgan fingerprint density at radius 2 is 2.00 bits per heavy atom. The number of rotatable bonds is 7. The largest absolute Gasteiger partial charge is 0.481 e. The highest BCUT2D eigenvalue weighted by molar-refractivity contribution is 7.89. The van der Waals surface area contributed by atoms with Gasteiger partial charge in [0.2, 0.25) is 10.0 Å². The third kappa shape index (κ3) is 4.50. The normalized spacial score (nSPS) is 11.3. The fourth-order valence-corrected chi connectivity index (χ4v) is 3.13. The summed E-state index contributed by atoms with van der Waals surface area (Å²) in [5, 5.41) is 19.3. The number of aryl methyl sites for hydroxylation is 1. The Hall–Kier alpha value is -2.00. The van der Waals surface area contributed by atoms with Crippen LogP contribution in [0.25, 0.3) is 0 Å². The van der Waals surface area contributed by atoms with Crippen LogP contribution in [0.4, 0.5) is 5.69 Å². The van der Waals surface area contributed by atoms with Gasteiger partial charge in [0.05, 0.1) is 9.82 Å². The quantitative estimate of drug-likeness (QED) is 0.444. The lowest BCUT2D eigenvalue weighted by molar-refractivity contribution is -0.385. The molecule has 0 atom stereocenters. The van der Waals surface area contributed by atoms with Crippen LogP contribution in [0.3, 0.4) is 0 Å². The number of benzene rings is 1. The maximum absolute atomic E-state index is 12.1. The van der Waals surface area contributed by atoms with Crippen LogP contribution in [0.2, 0.25) is 0 Å². The fraction of sp³-hybridized carbons (Fsp3) is 0.417. The maximum atomic E-state index is 12.1. The minimum Gasteiger partial charge on any atom is -0.481 e. The summed E-state index contributed by atoms with van der Waals surface area (Å²) in [6, 6.07) is 2.31. The number of nitrogens with one attached hydrogen (secondary N) is 1. The summed E-state index contributed by atoms with van der Waals surface area (Å²) in [6.07, 6.45) is -0.0169. The number of aliphatic carboxylic acids is 1. The van der Waals surface area contributed by atoms with Crippen LogP contribution < -0.4 is 4.72 Å². The predicted octanol–water partition coefficient (Wildman–Crippen LogP) is 1.35. The van der Waals surface area contributed by atoms with Gasteiger partial charge in [0.15, 0.2) is 0 Å². The molecule has 2 N–H and O–H groups in total. The van der Waals surface area contributed by atoms with Crippen LogP contribution in [0.5, 0.6) is 0 Å². The highest BCUT2D eigenvalue weighted by Crippen LogP contribution is 2.25. The lowest BCUT2D eigenvalue weighted by Gasteiger charge is -2.11. The van der Waals surface area contributed by atoms with Crippen molar-refractivity contribution >= 4 is 21.7 Å². The van der Waals surface area contributed by atoms with Gasteiger partial charge in [-0.1, -0.05) is 0 Å². The molecule has 0 saturated carbocycles. The minimum atomic E-state index is -3.91. The van der Waals surface area contributed by atoms with Gasteiger partial charge >= 0.3 is 5.97 Å². The summed E-state index contributed by atoms with van der Waals surface area (Å²) in [6.45, 7) is 3.10. The van der Waals surface area contributed by atoms with Crippen LogP contribution in [-0.2, 0) is 14.8 Å². The van der Waals surface area contributed by atoms with E-state index < -0.39 is 20.9 Å². The zero-order valence-electron chi connectivity index (χ0n) is 11.6. The topological polar surface area (TPSA) is 127 Å². The molecule has 0 unspecified atom stereocenters. The minimum absolute atomic E-state index is 0.0458. The third-order valence-electron chi connectivity index (χ3n) is 2.96. The molecule has 1 rings (SSSR count). The van der Waals surface area contributed by atoms with Crippen molar-refractivity contribution in [2.45, 2.75) is 31.6 Å². The van der Waals surface area contributed by atoms with E-state index in [9.17, 15) is 23.3 Å². The van der Waals surface area contributed by atoms with E-state index in [1.54, 1.807) is 13.8 Å². The molecule has 0 amide bonds. The molecule has 0 aliphatic rings. The molecule has 116 valence electrons. The number of nitro groups is 1. The van der Waals surface area contributed by atoms with Crippen molar-refractivity contribution in [1.82, 2.24) is 4.72 Å². The van der Waals surface area contributed by atoms with E-state index in [1.165, 1.54) is 6.07 Å². The highest BCUT2D eigenvalue weighted by atomic mass is 32.2. The molecular weight excluding hydrogens is 300 g/mol. The van der Waals surface area contributed by atoms with Crippen LogP contribution in [0.15, 0.2) is 17.0 Å². The molecule has 1 aromatic rings. The molecule has 0 spiro atoms. The summed E-state index contributed by atoms with van der Waals surface area (Å²) in [4.78, 5) is 20.3. The first-order valence-electron chi connectivity index (χ1n) is 6.12. The van der Waals surface area contributed by atoms with E-state index in [2.05, 4.69) is 4.72 Å². The van der Waals surface area contributed by atoms with Crippen molar-refractivity contribution in [2.75, 3.05) is 6.54 Å². The number of hydrogen-bond acceptors (Lipinski definition) is 5. The number of nitrogens with zero attached hydrogens (tertiary/aromatic N) is 1. The number of carboxylic acids is 1. The Morgan fingerprint density at radius 1 is 1.38 bits per heavy atom. The first-order chi connectivity index (χ1) is 9.65. The zero-order chi connectivity index (χ0) is 16.2. The monoisotopic (exact) mass is 316 g/mol. The van der Waals surface area contributed by atoms with Crippen molar-refractivity contribution in [3.05, 3.63) is 33.4 Å². The van der Waals surface area contributed by atoms with Gasteiger partial charge in [-0.15, -0.1) is 0 Å². The molecule has 1 aromatic carbocycles. The average Bonchev–Trinajstić information content (AvgIpc) is 2.37. The molecule has 0 fully saturated rings. The van der Waals surface area contributed by atoms with Gasteiger partial charge in [-0.3, -0.25) is 14.9 Å². The molecule has 8 nitrogen and oxygen atoms in total. The van der Waals surface area contributed by atoms with Crippen LogP contribution in [0.1, 0.15) is 24.0 Å². The summed E-state index contributed by atoms with van der Waals surface area (Å²) in [5.74, 6) is -1.02. The second-order valence-electron chi connectivity index (χ2n) is 4.54.